The van der Waals surface area contributed by atoms with Crippen LogP contribution in [0.4, 0.5) is 11.4 Å². The third kappa shape index (κ3) is 6.09. The highest BCUT2D eigenvalue weighted by atomic mass is 16.5. The van der Waals surface area contributed by atoms with Gasteiger partial charge in [0, 0.05) is 24.2 Å². The third-order valence-corrected chi connectivity index (χ3v) is 7.85. The van der Waals surface area contributed by atoms with E-state index in [0.29, 0.717) is 17.5 Å². The average Bonchev–Trinajstić information content (AvgIpc) is 3.75. The molecule has 0 bridgehead atoms. The lowest BCUT2D eigenvalue weighted by atomic mass is 10.0. The fourth-order valence-electron chi connectivity index (χ4n) is 4.91. The number of rotatable bonds is 10. The molecule has 1 unspecified atom stereocenters. The molecule has 1 aliphatic carbocycles. The van der Waals surface area contributed by atoms with Gasteiger partial charge in [-0.25, -0.2) is 0 Å². The van der Waals surface area contributed by atoms with Crippen molar-refractivity contribution in [3.8, 4) is 5.75 Å². The second-order valence-corrected chi connectivity index (χ2v) is 10.8. The average molecular weight is 507 g/mol. The second-order valence-electron chi connectivity index (χ2n) is 10.8. The van der Waals surface area contributed by atoms with Crippen molar-refractivity contribution in [2.24, 2.45) is 5.92 Å². The van der Waals surface area contributed by atoms with Crippen molar-refractivity contribution in [1.29, 1.82) is 0 Å². The minimum atomic E-state index is -0.166. The molecular formula is C30H42N4O3. The van der Waals surface area contributed by atoms with Gasteiger partial charge in [0.15, 0.2) is 0 Å². The van der Waals surface area contributed by atoms with Crippen LogP contribution < -0.4 is 25.2 Å². The fourth-order valence-corrected chi connectivity index (χ4v) is 4.91. The smallest absolute Gasteiger partial charge is 0.251 e. The van der Waals surface area contributed by atoms with Crippen molar-refractivity contribution in [2.45, 2.75) is 78.0 Å². The van der Waals surface area contributed by atoms with Crippen LogP contribution in [0.25, 0.3) is 0 Å². The lowest BCUT2D eigenvalue weighted by molar-refractivity contribution is -0.118. The maximum atomic E-state index is 13.6. The van der Waals surface area contributed by atoms with Crippen molar-refractivity contribution in [3.63, 3.8) is 0 Å². The van der Waals surface area contributed by atoms with E-state index in [9.17, 15) is 9.59 Å². The molecule has 1 saturated carbocycles. The van der Waals surface area contributed by atoms with Crippen LogP contribution >= 0.6 is 0 Å². The summed E-state index contributed by atoms with van der Waals surface area (Å²) in [7, 11) is 1.64. The fraction of sp³-hybridized carbons (Fsp3) is 0.533. The molecule has 1 aliphatic heterocycles. The van der Waals surface area contributed by atoms with Gasteiger partial charge in [-0.1, -0.05) is 32.9 Å². The number of hydrogen-bond donors (Lipinski definition) is 2. The molecule has 4 rings (SSSR count). The van der Waals surface area contributed by atoms with E-state index in [1.807, 2.05) is 54.3 Å². The molecule has 2 aromatic carbocycles. The van der Waals surface area contributed by atoms with Gasteiger partial charge in [-0.05, 0) is 74.9 Å². The zero-order chi connectivity index (χ0) is 26.7. The highest BCUT2D eigenvalue weighted by Gasteiger charge is 2.40. The Hall–Kier alpha value is -3.06. The number of methoxy groups -OCH3 is 1. The molecule has 7 heteroatoms. The van der Waals surface area contributed by atoms with Crippen molar-refractivity contribution >= 4 is 23.2 Å². The number of ether oxygens (including phenoxy) is 1. The van der Waals surface area contributed by atoms with Crippen molar-refractivity contribution < 1.29 is 14.3 Å². The number of hydrogen-bond acceptors (Lipinski definition) is 5. The minimum absolute atomic E-state index is 0.0557. The van der Waals surface area contributed by atoms with E-state index in [4.69, 9.17) is 4.74 Å². The zero-order valence-corrected chi connectivity index (χ0v) is 23.1. The van der Waals surface area contributed by atoms with E-state index in [0.717, 1.165) is 35.7 Å². The zero-order valence-electron chi connectivity index (χ0n) is 23.1. The molecule has 1 fully saturated rings. The Bertz CT molecular complexity index is 1100. The van der Waals surface area contributed by atoms with Crippen LogP contribution in [0.5, 0.6) is 5.75 Å². The molecule has 2 amide bonds. The summed E-state index contributed by atoms with van der Waals surface area (Å²) in [4.78, 5) is 31.3. The molecular weight excluding hydrogens is 464 g/mol. The molecule has 2 N–H and O–H groups in total. The number of nitrogens with zero attached hydrogens (tertiary/aromatic N) is 2. The molecule has 0 spiro atoms. The van der Waals surface area contributed by atoms with Crippen LogP contribution in [0.15, 0.2) is 42.5 Å². The van der Waals surface area contributed by atoms with E-state index in [2.05, 4.69) is 43.2 Å². The lowest BCUT2D eigenvalue weighted by Gasteiger charge is -2.44. The highest BCUT2D eigenvalue weighted by Crippen LogP contribution is 2.43. The first-order chi connectivity index (χ1) is 17.7. The SMILES string of the molecule is CCC1CN(C2CC2)c2ccc(C(=O)N[C@@H](C)c3ccc(OC)cc3)cc2N1C(=O)CN[C@@H](C)C(C)C. The van der Waals surface area contributed by atoms with Gasteiger partial charge >= 0.3 is 0 Å². The van der Waals surface area contributed by atoms with E-state index in [1.165, 1.54) is 12.8 Å². The standard InChI is InChI=1S/C30H42N4O3/c1-7-24-18-33(25-11-12-25)27-15-10-23(16-28(27)34(24)29(35)17-31-20(4)19(2)3)30(36)32-21(5)22-8-13-26(37-6)14-9-22/h8-10,13-16,19-21,24-25,31H,7,11-12,17-18H2,1-6H3,(H,32,36)/t20-,21-,24?/m0/s1. The van der Waals surface area contributed by atoms with Crippen LogP contribution in [-0.2, 0) is 4.79 Å². The largest absolute Gasteiger partial charge is 0.497 e. The number of amides is 2. The summed E-state index contributed by atoms with van der Waals surface area (Å²) < 4.78 is 5.24. The number of anilines is 2. The first-order valence-corrected chi connectivity index (χ1v) is 13.6. The second kappa shape index (κ2) is 11.5. The molecule has 0 saturated heterocycles. The summed E-state index contributed by atoms with van der Waals surface area (Å²) in [6.45, 7) is 11.6. The Labute approximate surface area is 221 Å². The van der Waals surface area contributed by atoms with E-state index >= 15 is 0 Å². The van der Waals surface area contributed by atoms with Crippen LogP contribution in [0, 0.1) is 5.92 Å². The van der Waals surface area contributed by atoms with Gasteiger partial charge in [0.2, 0.25) is 5.91 Å². The summed E-state index contributed by atoms with van der Waals surface area (Å²) in [5.74, 6) is 1.13. The summed E-state index contributed by atoms with van der Waals surface area (Å²) in [6, 6.07) is 14.2. The summed E-state index contributed by atoms with van der Waals surface area (Å²) in [5, 5.41) is 6.51. The number of carbonyl (C=O) groups is 2. The molecule has 2 aromatic rings. The van der Waals surface area contributed by atoms with Crippen LogP contribution in [0.3, 0.4) is 0 Å². The summed E-state index contributed by atoms with van der Waals surface area (Å²) >= 11 is 0. The van der Waals surface area contributed by atoms with E-state index in [-0.39, 0.29) is 36.5 Å². The van der Waals surface area contributed by atoms with Crippen LogP contribution in [0.2, 0.25) is 0 Å². The van der Waals surface area contributed by atoms with Crippen LogP contribution in [-0.4, -0.2) is 50.1 Å². The summed E-state index contributed by atoms with van der Waals surface area (Å²) in [6.07, 6.45) is 3.22. The van der Waals surface area contributed by atoms with Crippen molar-refractivity contribution in [3.05, 3.63) is 53.6 Å². The van der Waals surface area contributed by atoms with Gasteiger partial charge in [-0.15, -0.1) is 0 Å². The maximum Gasteiger partial charge on any atom is 0.251 e. The van der Waals surface area contributed by atoms with E-state index < -0.39 is 0 Å². The van der Waals surface area contributed by atoms with Gasteiger partial charge in [-0.3, -0.25) is 9.59 Å². The molecule has 7 nitrogen and oxygen atoms in total. The first-order valence-electron chi connectivity index (χ1n) is 13.6. The molecule has 200 valence electrons. The van der Waals surface area contributed by atoms with Crippen molar-refractivity contribution in [1.82, 2.24) is 10.6 Å². The van der Waals surface area contributed by atoms with Crippen LogP contribution in [0.1, 0.15) is 75.8 Å². The van der Waals surface area contributed by atoms with Crippen molar-refractivity contribution in [2.75, 3.05) is 30.0 Å². The maximum absolute atomic E-state index is 13.6. The topological polar surface area (TPSA) is 73.9 Å². The quantitative estimate of drug-likeness (QED) is 0.479. The molecule has 2 aliphatic rings. The monoisotopic (exact) mass is 506 g/mol. The number of fused-ring (bicyclic) bond motifs is 1. The Morgan fingerprint density at radius 2 is 1.73 bits per heavy atom. The first kappa shape index (κ1) is 27.0. The molecule has 3 atom stereocenters. The Balaban J connectivity index is 1.59. The van der Waals surface area contributed by atoms with E-state index in [1.54, 1.807) is 7.11 Å². The number of nitrogens with one attached hydrogen (secondary N) is 2. The Morgan fingerprint density at radius 1 is 1.03 bits per heavy atom. The van der Waals surface area contributed by atoms with Gasteiger partial charge < -0.3 is 25.2 Å². The predicted molar refractivity (Wildman–Crippen MR) is 150 cm³/mol. The molecule has 0 radical (unpaired) electrons. The third-order valence-electron chi connectivity index (χ3n) is 7.85. The number of carbonyl (C=O) groups excluding carboxylic acids is 2. The van der Waals surface area contributed by atoms with Gasteiger partial charge in [-0.2, -0.15) is 0 Å². The minimum Gasteiger partial charge on any atom is -0.497 e. The van der Waals surface area contributed by atoms with Gasteiger partial charge in [0.25, 0.3) is 5.91 Å². The lowest BCUT2D eigenvalue weighted by Crippen LogP contribution is -2.54. The summed E-state index contributed by atoms with van der Waals surface area (Å²) in [5.41, 5.74) is 3.46. The Morgan fingerprint density at radius 3 is 2.32 bits per heavy atom. The Kier molecular flexibility index (Phi) is 8.42. The molecule has 0 aromatic heterocycles. The highest BCUT2D eigenvalue weighted by molar-refractivity contribution is 6.03. The van der Waals surface area contributed by atoms with Gasteiger partial charge in [0.05, 0.1) is 37.1 Å². The number of benzene rings is 2. The van der Waals surface area contributed by atoms with Gasteiger partial charge in [0.1, 0.15) is 5.75 Å². The molecule has 37 heavy (non-hydrogen) atoms. The normalized spacial score (nSPS) is 18.8. The molecule has 1 heterocycles. The predicted octanol–water partition coefficient (Wildman–Crippen LogP) is 4.91.